The first-order valence-electron chi connectivity index (χ1n) is 6.58. The summed E-state index contributed by atoms with van der Waals surface area (Å²) < 4.78 is 0.896. The van der Waals surface area contributed by atoms with Crippen LogP contribution < -0.4 is 11.1 Å². The van der Waals surface area contributed by atoms with Gasteiger partial charge in [0.05, 0.1) is 10.7 Å². The number of nitrogens with two attached hydrogens (primary N) is 1. The van der Waals surface area contributed by atoms with E-state index in [2.05, 4.69) is 21.2 Å². The number of benzene rings is 1. The zero-order chi connectivity index (χ0) is 13.8. The van der Waals surface area contributed by atoms with E-state index < -0.39 is 0 Å². The normalized spacial score (nSPS) is 23.1. The lowest BCUT2D eigenvalue weighted by molar-refractivity contribution is -0.122. The Morgan fingerprint density at radius 2 is 2.16 bits per heavy atom. The van der Waals surface area contributed by atoms with Gasteiger partial charge < -0.3 is 11.1 Å². The van der Waals surface area contributed by atoms with E-state index in [0.717, 1.165) is 23.7 Å². The fraction of sp³-hybridized carbons (Fsp3) is 0.500. The van der Waals surface area contributed by atoms with Gasteiger partial charge in [0.25, 0.3) is 0 Å². The van der Waals surface area contributed by atoms with Gasteiger partial charge in [-0.1, -0.05) is 40.4 Å². The Morgan fingerprint density at radius 1 is 1.42 bits per heavy atom. The van der Waals surface area contributed by atoms with Crippen molar-refractivity contribution in [1.29, 1.82) is 0 Å². The fourth-order valence-corrected chi connectivity index (χ4v) is 3.37. The van der Waals surface area contributed by atoms with Crippen LogP contribution >= 0.6 is 27.5 Å². The molecule has 1 saturated carbocycles. The Balaban J connectivity index is 2.07. The maximum absolute atomic E-state index is 12.3. The first kappa shape index (κ1) is 14.8. The second kappa shape index (κ2) is 6.73. The van der Waals surface area contributed by atoms with Gasteiger partial charge in [-0.2, -0.15) is 0 Å². The van der Waals surface area contributed by atoms with Crippen molar-refractivity contribution in [3.63, 3.8) is 0 Å². The Labute approximate surface area is 127 Å². The molecule has 2 unspecified atom stereocenters. The van der Waals surface area contributed by atoms with Crippen LogP contribution in [-0.2, 0) is 4.79 Å². The Kier molecular flexibility index (Phi) is 5.25. The standard InChI is InChI=1S/C14H18BrClN2O/c15-10-5-6-13(12(16)7-10)18-14(19)11-4-2-1-3-9(11)8-17/h5-7,9,11H,1-4,8,17H2,(H,18,19). The lowest BCUT2D eigenvalue weighted by atomic mass is 9.78. The molecule has 0 saturated heterocycles. The van der Waals surface area contributed by atoms with Crippen molar-refractivity contribution in [2.45, 2.75) is 25.7 Å². The summed E-state index contributed by atoms with van der Waals surface area (Å²) in [5.41, 5.74) is 6.43. The summed E-state index contributed by atoms with van der Waals surface area (Å²) in [4.78, 5) is 12.3. The molecule has 0 bridgehead atoms. The van der Waals surface area contributed by atoms with Gasteiger partial charge in [-0.05, 0) is 43.5 Å². The molecule has 1 aliphatic carbocycles. The van der Waals surface area contributed by atoms with Crippen LogP contribution in [0.2, 0.25) is 5.02 Å². The monoisotopic (exact) mass is 344 g/mol. The second-order valence-corrected chi connectivity index (χ2v) is 6.32. The molecule has 0 spiro atoms. The van der Waals surface area contributed by atoms with E-state index in [1.54, 1.807) is 6.07 Å². The number of halogens is 2. The molecular weight excluding hydrogens is 328 g/mol. The minimum Gasteiger partial charge on any atom is -0.330 e. The van der Waals surface area contributed by atoms with Gasteiger partial charge in [-0.25, -0.2) is 0 Å². The summed E-state index contributed by atoms with van der Waals surface area (Å²) in [6.07, 6.45) is 4.23. The van der Waals surface area contributed by atoms with Gasteiger partial charge in [0, 0.05) is 10.4 Å². The topological polar surface area (TPSA) is 55.1 Å². The Hall–Kier alpha value is -0.580. The van der Waals surface area contributed by atoms with Crippen LogP contribution in [0.3, 0.4) is 0 Å². The van der Waals surface area contributed by atoms with Crippen molar-refractivity contribution >= 4 is 39.1 Å². The van der Waals surface area contributed by atoms with Gasteiger partial charge in [0.15, 0.2) is 0 Å². The minimum atomic E-state index is 0.0125. The Morgan fingerprint density at radius 3 is 2.84 bits per heavy atom. The molecule has 1 amide bonds. The third-order valence-electron chi connectivity index (χ3n) is 3.74. The average molecular weight is 346 g/mol. The number of amides is 1. The maximum atomic E-state index is 12.3. The van der Waals surface area contributed by atoms with Crippen molar-refractivity contribution in [3.8, 4) is 0 Å². The van der Waals surface area contributed by atoms with Crippen LogP contribution in [0.1, 0.15) is 25.7 Å². The molecule has 5 heteroatoms. The SMILES string of the molecule is NCC1CCCCC1C(=O)Nc1ccc(Br)cc1Cl. The van der Waals surface area contributed by atoms with E-state index >= 15 is 0 Å². The highest BCUT2D eigenvalue weighted by Gasteiger charge is 2.30. The maximum Gasteiger partial charge on any atom is 0.227 e. The third kappa shape index (κ3) is 3.71. The summed E-state index contributed by atoms with van der Waals surface area (Å²) in [6, 6.07) is 5.45. The van der Waals surface area contributed by atoms with E-state index in [-0.39, 0.29) is 11.8 Å². The molecule has 1 aliphatic rings. The largest absolute Gasteiger partial charge is 0.330 e. The molecule has 19 heavy (non-hydrogen) atoms. The first-order chi connectivity index (χ1) is 9.11. The highest BCUT2D eigenvalue weighted by atomic mass is 79.9. The molecule has 0 heterocycles. The molecule has 0 aliphatic heterocycles. The van der Waals surface area contributed by atoms with E-state index in [1.165, 1.54) is 6.42 Å². The van der Waals surface area contributed by atoms with Crippen molar-refractivity contribution in [2.24, 2.45) is 17.6 Å². The van der Waals surface area contributed by atoms with Crippen LogP contribution in [0.4, 0.5) is 5.69 Å². The fourth-order valence-electron chi connectivity index (χ4n) is 2.65. The van der Waals surface area contributed by atoms with E-state index in [1.807, 2.05) is 12.1 Å². The van der Waals surface area contributed by atoms with Crippen LogP contribution in [0.25, 0.3) is 0 Å². The zero-order valence-corrected chi connectivity index (χ0v) is 13.0. The van der Waals surface area contributed by atoms with Gasteiger partial charge >= 0.3 is 0 Å². The molecule has 1 fully saturated rings. The van der Waals surface area contributed by atoms with Gasteiger partial charge in [0.2, 0.25) is 5.91 Å². The highest BCUT2D eigenvalue weighted by molar-refractivity contribution is 9.10. The number of rotatable bonds is 3. The van der Waals surface area contributed by atoms with E-state index in [9.17, 15) is 4.79 Å². The lowest BCUT2D eigenvalue weighted by Gasteiger charge is -2.29. The predicted octanol–water partition coefficient (Wildman–Crippen LogP) is 3.81. The van der Waals surface area contributed by atoms with Crippen molar-refractivity contribution in [3.05, 3.63) is 27.7 Å². The summed E-state index contributed by atoms with van der Waals surface area (Å²) >= 11 is 9.46. The Bertz CT molecular complexity index is 467. The highest BCUT2D eigenvalue weighted by Crippen LogP contribution is 2.32. The van der Waals surface area contributed by atoms with Crippen LogP contribution in [0, 0.1) is 11.8 Å². The lowest BCUT2D eigenvalue weighted by Crippen LogP contribution is -2.35. The van der Waals surface area contributed by atoms with Crippen LogP contribution in [-0.4, -0.2) is 12.5 Å². The smallest absolute Gasteiger partial charge is 0.227 e. The summed E-state index contributed by atoms with van der Waals surface area (Å²) in [6.45, 7) is 0.576. The molecule has 0 radical (unpaired) electrons. The molecule has 1 aromatic rings. The quantitative estimate of drug-likeness (QED) is 0.875. The minimum absolute atomic E-state index is 0.0125. The summed E-state index contributed by atoms with van der Waals surface area (Å²) in [5, 5.41) is 3.47. The molecule has 2 atom stereocenters. The number of carbonyl (C=O) groups is 1. The molecular formula is C14H18BrClN2O. The van der Waals surface area contributed by atoms with Crippen LogP contribution in [0.15, 0.2) is 22.7 Å². The van der Waals surface area contributed by atoms with E-state index in [4.69, 9.17) is 17.3 Å². The number of nitrogens with one attached hydrogen (secondary N) is 1. The number of anilines is 1. The van der Waals surface area contributed by atoms with Gasteiger partial charge in [0.1, 0.15) is 0 Å². The first-order valence-corrected chi connectivity index (χ1v) is 7.75. The number of carbonyl (C=O) groups excluding carboxylic acids is 1. The zero-order valence-electron chi connectivity index (χ0n) is 10.7. The third-order valence-corrected chi connectivity index (χ3v) is 4.54. The predicted molar refractivity (Wildman–Crippen MR) is 82.3 cm³/mol. The average Bonchev–Trinajstić information content (AvgIpc) is 2.41. The molecule has 3 N–H and O–H groups in total. The van der Waals surface area contributed by atoms with Gasteiger partial charge in [-0.3, -0.25) is 4.79 Å². The summed E-state index contributed by atoms with van der Waals surface area (Å²) in [7, 11) is 0. The molecule has 104 valence electrons. The molecule has 0 aromatic heterocycles. The van der Waals surface area contributed by atoms with Crippen molar-refractivity contribution < 1.29 is 4.79 Å². The van der Waals surface area contributed by atoms with Crippen molar-refractivity contribution in [2.75, 3.05) is 11.9 Å². The van der Waals surface area contributed by atoms with Crippen molar-refractivity contribution in [1.82, 2.24) is 0 Å². The van der Waals surface area contributed by atoms with Gasteiger partial charge in [-0.15, -0.1) is 0 Å². The number of hydrogen-bond donors (Lipinski definition) is 2. The van der Waals surface area contributed by atoms with Crippen LogP contribution in [0.5, 0.6) is 0 Å². The summed E-state index contributed by atoms with van der Waals surface area (Å²) in [5.74, 6) is 0.348. The van der Waals surface area contributed by atoms with E-state index in [0.29, 0.717) is 23.2 Å². The second-order valence-electron chi connectivity index (χ2n) is 5.00. The molecule has 3 nitrogen and oxygen atoms in total. The molecule has 2 rings (SSSR count). The molecule has 1 aromatic carbocycles. The number of hydrogen-bond acceptors (Lipinski definition) is 2.